The monoisotopic (exact) mass is 360 g/mol. The van der Waals surface area contributed by atoms with Gasteiger partial charge in [0.2, 0.25) is 0 Å². The lowest BCUT2D eigenvalue weighted by Crippen LogP contribution is -2.43. The van der Waals surface area contributed by atoms with E-state index in [4.69, 9.17) is 0 Å². The number of piperidine rings is 1. The molecule has 1 saturated carbocycles. The van der Waals surface area contributed by atoms with E-state index >= 15 is 0 Å². The number of urea groups is 1. The fraction of sp³-hybridized carbons (Fsp3) is 0.588. The number of nitrogens with zero attached hydrogens (tertiary/aromatic N) is 5. The van der Waals surface area contributed by atoms with Gasteiger partial charge in [-0.15, -0.1) is 11.3 Å². The van der Waals surface area contributed by atoms with Crippen LogP contribution < -0.4 is 5.32 Å². The molecule has 0 bridgehead atoms. The van der Waals surface area contributed by atoms with Crippen LogP contribution in [0.1, 0.15) is 24.3 Å². The van der Waals surface area contributed by atoms with Crippen molar-refractivity contribution in [2.45, 2.75) is 31.8 Å². The van der Waals surface area contributed by atoms with E-state index in [1.165, 1.54) is 11.4 Å². The maximum atomic E-state index is 12.4. The second kappa shape index (κ2) is 6.42. The topological polar surface area (TPSA) is 66.3 Å². The fourth-order valence-corrected chi connectivity index (χ4v) is 4.65. The lowest BCUT2D eigenvalue weighted by Gasteiger charge is -2.33. The van der Waals surface area contributed by atoms with Gasteiger partial charge in [0.15, 0.2) is 5.82 Å². The Morgan fingerprint density at radius 3 is 2.92 bits per heavy atom. The quantitative estimate of drug-likeness (QED) is 0.909. The molecule has 0 unspecified atom stereocenters. The number of thiazole rings is 1. The van der Waals surface area contributed by atoms with Crippen LogP contribution in [0.4, 0.5) is 10.6 Å². The van der Waals surface area contributed by atoms with Crippen molar-refractivity contribution < 1.29 is 4.79 Å². The first-order valence-corrected chi connectivity index (χ1v) is 9.58. The lowest BCUT2D eigenvalue weighted by atomic mass is 9.92. The average molecular weight is 360 g/mol. The summed E-state index contributed by atoms with van der Waals surface area (Å²) in [5.74, 6) is 0.611. The van der Waals surface area contributed by atoms with Gasteiger partial charge in [0.05, 0.1) is 6.54 Å². The molecule has 8 heteroatoms. The zero-order valence-electron chi connectivity index (χ0n) is 14.7. The molecule has 3 heterocycles. The number of likely N-dealkylation sites (tertiary alicyclic amines) is 1. The van der Waals surface area contributed by atoms with Crippen molar-refractivity contribution in [3.63, 3.8) is 0 Å². The van der Waals surface area contributed by atoms with Crippen LogP contribution in [0, 0.1) is 5.41 Å². The normalized spacial score (nSPS) is 21.7. The molecule has 1 spiro atoms. The minimum Gasteiger partial charge on any atom is -0.324 e. The van der Waals surface area contributed by atoms with Gasteiger partial charge < -0.3 is 4.90 Å². The van der Waals surface area contributed by atoms with E-state index in [0.29, 0.717) is 17.3 Å². The minimum atomic E-state index is -0.0399. The summed E-state index contributed by atoms with van der Waals surface area (Å²) < 4.78 is 1.69. The first-order chi connectivity index (χ1) is 12.1. The van der Waals surface area contributed by atoms with Crippen LogP contribution in [-0.4, -0.2) is 56.8 Å². The maximum absolute atomic E-state index is 12.4. The highest BCUT2D eigenvalue weighted by Gasteiger charge is 2.56. The third-order valence-electron chi connectivity index (χ3n) is 5.54. The van der Waals surface area contributed by atoms with Gasteiger partial charge in [-0.2, -0.15) is 5.10 Å². The Hall–Kier alpha value is -1.93. The Balaban J connectivity index is 1.28. The summed E-state index contributed by atoms with van der Waals surface area (Å²) in [6.45, 7) is 2.56. The van der Waals surface area contributed by atoms with Crippen LogP contribution in [0.3, 0.4) is 0 Å². The number of carbonyl (C=O) groups is 1. The molecule has 1 atom stereocenters. The predicted octanol–water partition coefficient (Wildman–Crippen LogP) is 2.40. The van der Waals surface area contributed by atoms with Gasteiger partial charge in [0, 0.05) is 50.0 Å². The number of rotatable bonds is 4. The second-order valence-corrected chi connectivity index (χ2v) is 8.19. The van der Waals surface area contributed by atoms with Gasteiger partial charge >= 0.3 is 6.03 Å². The van der Waals surface area contributed by atoms with Crippen LogP contribution in [0.5, 0.6) is 0 Å². The number of amides is 2. The molecule has 25 heavy (non-hydrogen) atoms. The van der Waals surface area contributed by atoms with Crippen molar-refractivity contribution in [2.75, 3.05) is 25.5 Å². The van der Waals surface area contributed by atoms with Crippen LogP contribution in [0.2, 0.25) is 0 Å². The van der Waals surface area contributed by atoms with Crippen molar-refractivity contribution in [3.05, 3.63) is 28.8 Å². The molecule has 1 saturated heterocycles. The molecule has 1 aliphatic heterocycles. The Kier molecular flexibility index (Phi) is 4.24. The summed E-state index contributed by atoms with van der Waals surface area (Å²) in [4.78, 5) is 21.1. The molecule has 1 aliphatic carbocycles. The van der Waals surface area contributed by atoms with E-state index in [9.17, 15) is 4.79 Å². The first-order valence-electron chi connectivity index (χ1n) is 8.70. The molecule has 2 aliphatic rings. The summed E-state index contributed by atoms with van der Waals surface area (Å²) in [6.07, 6.45) is 7.10. The predicted molar refractivity (Wildman–Crippen MR) is 97.5 cm³/mol. The average Bonchev–Trinajstić information content (AvgIpc) is 2.92. The number of aromatic nitrogens is 3. The summed E-state index contributed by atoms with van der Waals surface area (Å²) >= 11 is 1.72. The van der Waals surface area contributed by atoms with Gasteiger partial charge in [-0.3, -0.25) is 14.9 Å². The highest BCUT2D eigenvalue weighted by Crippen LogP contribution is 2.56. The van der Waals surface area contributed by atoms with E-state index in [1.54, 1.807) is 16.0 Å². The molecule has 7 nitrogen and oxygen atoms in total. The molecule has 4 rings (SSSR count). The van der Waals surface area contributed by atoms with Gasteiger partial charge in [-0.25, -0.2) is 9.78 Å². The van der Waals surface area contributed by atoms with E-state index < -0.39 is 0 Å². The van der Waals surface area contributed by atoms with Crippen molar-refractivity contribution in [3.8, 4) is 0 Å². The highest BCUT2D eigenvalue weighted by molar-refractivity contribution is 7.09. The third-order valence-corrected chi connectivity index (χ3v) is 6.31. The SMILES string of the molecule is CN(Cc1nccs1)[C@@H]1CC12CCN(C(=O)Nc1ccn(C)n1)CC2. The van der Waals surface area contributed by atoms with Crippen LogP contribution in [0.15, 0.2) is 23.8 Å². The Morgan fingerprint density at radius 2 is 2.28 bits per heavy atom. The van der Waals surface area contributed by atoms with Crippen LogP contribution in [0.25, 0.3) is 0 Å². The number of aryl methyl sites for hydroxylation is 1. The zero-order valence-corrected chi connectivity index (χ0v) is 15.5. The van der Waals surface area contributed by atoms with Crippen molar-refractivity contribution in [2.24, 2.45) is 12.5 Å². The van der Waals surface area contributed by atoms with Crippen molar-refractivity contribution in [1.29, 1.82) is 0 Å². The van der Waals surface area contributed by atoms with Gasteiger partial charge in [0.1, 0.15) is 5.01 Å². The molecule has 2 amide bonds. The summed E-state index contributed by atoms with van der Waals surface area (Å²) in [5.41, 5.74) is 0.397. The largest absolute Gasteiger partial charge is 0.324 e. The van der Waals surface area contributed by atoms with Gasteiger partial charge in [0.25, 0.3) is 0 Å². The van der Waals surface area contributed by atoms with Gasteiger partial charge in [-0.1, -0.05) is 0 Å². The first kappa shape index (κ1) is 16.5. The Labute approximate surface area is 151 Å². The lowest BCUT2D eigenvalue weighted by molar-refractivity contribution is 0.156. The van der Waals surface area contributed by atoms with Crippen molar-refractivity contribution >= 4 is 23.2 Å². The maximum Gasteiger partial charge on any atom is 0.323 e. The summed E-state index contributed by atoms with van der Waals surface area (Å²) in [7, 11) is 4.04. The van der Waals surface area contributed by atoms with E-state index in [1.807, 2.05) is 35.8 Å². The summed E-state index contributed by atoms with van der Waals surface area (Å²) in [6, 6.07) is 2.40. The molecular formula is C17H24N6OS. The zero-order chi connectivity index (χ0) is 17.4. The third kappa shape index (κ3) is 3.41. The number of hydrogen-bond donors (Lipinski definition) is 1. The van der Waals surface area contributed by atoms with E-state index in [2.05, 4.69) is 27.3 Å². The smallest absolute Gasteiger partial charge is 0.323 e. The van der Waals surface area contributed by atoms with E-state index in [-0.39, 0.29) is 6.03 Å². The van der Waals surface area contributed by atoms with E-state index in [0.717, 1.165) is 32.5 Å². The molecule has 2 aromatic rings. The minimum absolute atomic E-state index is 0.0399. The van der Waals surface area contributed by atoms with Crippen LogP contribution >= 0.6 is 11.3 Å². The highest BCUT2D eigenvalue weighted by atomic mass is 32.1. The second-order valence-electron chi connectivity index (χ2n) is 7.22. The molecule has 0 radical (unpaired) electrons. The summed E-state index contributed by atoms with van der Waals surface area (Å²) in [5, 5.41) is 10.3. The molecular weight excluding hydrogens is 336 g/mol. The van der Waals surface area contributed by atoms with Crippen molar-refractivity contribution in [1.82, 2.24) is 24.6 Å². The molecule has 2 fully saturated rings. The molecule has 1 N–H and O–H groups in total. The number of hydrogen-bond acceptors (Lipinski definition) is 5. The molecule has 134 valence electrons. The van der Waals surface area contributed by atoms with Gasteiger partial charge in [-0.05, 0) is 31.7 Å². The van der Waals surface area contributed by atoms with Crippen LogP contribution in [-0.2, 0) is 13.6 Å². The Morgan fingerprint density at radius 1 is 1.48 bits per heavy atom. The number of anilines is 1. The molecule has 0 aromatic carbocycles. The number of carbonyl (C=O) groups excluding carboxylic acids is 1. The standard InChI is InChI=1S/C17H24N6OS/c1-21(12-15-18-6-10-25-15)13-11-17(13)4-8-23(9-5-17)16(24)19-14-3-7-22(2)20-14/h3,6-7,10,13H,4-5,8-9,11-12H2,1-2H3,(H,19,20,24)/t13-/m1/s1. The fourth-order valence-electron chi connectivity index (χ4n) is 3.97. The Bertz CT molecular complexity index is 734. The molecule has 2 aromatic heterocycles. The number of nitrogens with one attached hydrogen (secondary N) is 1.